The molecule has 1 rings (SSSR count). The molecule has 2 heteroatoms. The Morgan fingerprint density at radius 2 is 1.80 bits per heavy atom. The fraction of sp³-hybridized carbons (Fsp3) is 1.00. The summed E-state index contributed by atoms with van der Waals surface area (Å²) in [6, 6.07) is 0. The van der Waals surface area contributed by atoms with Crippen LogP contribution in [0.5, 0.6) is 0 Å². The second-order valence-corrected chi connectivity index (χ2v) is 5.38. The average Bonchev–Trinajstić information content (AvgIpc) is 2.20. The van der Waals surface area contributed by atoms with Gasteiger partial charge in [0.15, 0.2) is 0 Å². The van der Waals surface area contributed by atoms with Crippen molar-refractivity contribution in [2.45, 2.75) is 52.6 Å². The first-order chi connectivity index (χ1) is 7.09. The van der Waals surface area contributed by atoms with E-state index in [9.17, 15) is 4.39 Å². The zero-order valence-corrected chi connectivity index (χ0v) is 10.5. The quantitative estimate of drug-likeness (QED) is 0.678. The van der Waals surface area contributed by atoms with Gasteiger partial charge in [-0.2, -0.15) is 0 Å². The van der Waals surface area contributed by atoms with Crippen LogP contribution >= 0.6 is 0 Å². The van der Waals surface area contributed by atoms with Crippen LogP contribution in [0.4, 0.5) is 4.39 Å². The predicted molar refractivity (Wildman–Crippen MR) is 63.8 cm³/mol. The van der Waals surface area contributed by atoms with Gasteiger partial charge in [-0.1, -0.05) is 20.8 Å². The van der Waals surface area contributed by atoms with Gasteiger partial charge in [0.2, 0.25) is 0 Å². The van der Waals surface area contributed by atoms with Crippen LogP contribution in [0.2, 0.25) is 0 Å². The van der Waals surface area contributed by atoms with Gasteiger partial charge >= 0.3 is 0 Å². The number of piperidine rings is 1. The smallest absolute Gasteiger partial charge is 0.103 e. The van der Waals surface area contributed by atoms with Crippen molar-refractivity contribution >= 4 is 0 Å². The molecular formula is C13H26FN. The Labute approximate surface area is 94.0 Å². The molecule has 90 valence electrons. The summed E-state index contributed by atoms with van der Waals surface area (Å²) >= 11 is 0. The van der Waals surface area contributed by atoms with E-state index in [2.05, 4.69) is 25.7 Å². The van der Waals surface area contributed by atoms with Gasteiger partial charge in [0.05, 0.1) is 0 Å². The van der Waals surface area contributed by atoms with Crippen molar-refractivity contribution < 1.29 is 4.39 Å². The van der Waals surface area contributed by atoms with Gasteiger partial charge in [0.25, 0.3) is 0 Å². The van der Waals surface area contributed by atoms with Crippen molar-refractivity contribution in [1.29, 1.82) is 0 Å². The van der Waals surface area contributed by atoms with Crippen molar-refractivity contribution in [1.82, 2.24) is 4.90 Å². The lowest BCUT2D eigenvalue weighted by Crippen LogP contribution is -2.35. The van der Waals surface area contributed by atoms with Crippen LogP contribution in [-0.4, -0.2) is 30.7 Å². The van der Waals surface area contributed by atoms with Crippen molar-refractivity contribution in [3.63, 3.8) is 0 Å². The summed E-state index contributed by atoms with van der Waals surface area (Å²) < 4.78 is 12.9. The van der Waals surface area contributed by atoms with Crippen LogP contribution in [0.1, 0.15) is 46.5 Å². The van der Waals surface area contributed by atoms with E-state index in [4.69, 9.17) is 0 Å². The van der Waals surface area contributed by atoms with E-state index in [-0.39, 0.29) is 0 Å². The molecule has 0 spiro atoms. The Balaban J connectivity index is 2.05. The zero-order valence-electron chi connectivity index (χ0n) is 10.5. The summed E-state index contributed by atoms with van der Waals surface area (Å²) in [6.45, 7) is 10.0. The average molecular weight is 215 g/mol. The van der Waals surface area contributed by atoms with Gasteiger partial charge in [0, 0.05) is 13.1 Å². The molecule has 0 aromatic carbocycles. The van der Waals surface area contributed by atoms with Gasteiger partial charge in [0.1, 0.15) is 6.17 Å². The third-order valence-electron chi connectivity index (χ3n) is 3.79. The Morgan fingerprint density at radius 1 is 1.20 bits per heavy atom. The third-order valence-corrected chi connectivity index (χ3v) is 3.79. The fourth-order valence-corrected chi connectivity index (χ4v) is 2.10. The molecule has 0 aromatic rings. The Bertz CT molecular complexity index is 162. The molecule has 1 heterocycles. The highest BCUT2D eigenvalue weighted by Gasteiger charge is 2.17. The molecule has 1 aliphatic rings. The topological polar surface area (TPSA) is 3.24 Å². The highest BCUT2D eigenvalue weighted by atomic mass is 19.1. The largest absolute Gasteiger partial charge is 0.303 e. The second kappa shape index (κ2) is 6.47. The number of hydrogen-bond acceptors (Lipinski definition) is 1. The molecule has 1 atom stereocenters. The van der Waals surface area contributed by atoms with Crippen LogP contribution in [0.3, 0.4) is 0 Å². The molecular weight excluding hydrogens is 189 g/mol. The van der Waals surface area contributed by atoms with E-state index in [0.29, 0.717) is 0 Å². The SMILES string of the molecule is CC(C)[C@H](C)CCCN1CCC(F)CC1. The fourth-order valence-electron chi connectivity index (χ4n) is 2.10. The van der Waals surface area contributed by atoms with E-state index in [0.717, 1.165) is 37.8 Å². The lowest BCUT2D eigenvalue weighted by Gasteiger charge is -2.29. The highest BCUT2D eigenvalue weighted by molar-refractivity contribution is 4.71. The van der Waals surface area contributed by atoms with Gasteiger partial charge in [-0.15, -0.1) is 0 Å². The van der Waals surface area contributed by atoms with Gasteiger partial charge < -0.3 is 4.90 Å². The van der Waals surface area contributed by atoms with Gasteiger partial charge in [-0.3, -0.25) is 0 Å². The summed E-state index contributed by atoms with van der Waals surface area (Å²) in [6.07, 6.45) is 3.55. The lowest BCUT2D eigenvalue weighted by atomic mass is 9.93. The molecule has 1 saturated heterocycles. The van der Waals surface area contributed by atoms with E-state index >= 15 is 0 Å². The molecule has 0 bridgehead atoms. The molecule has 1 aliphatic heterocycles. The molecule has 1 nitrogen and oxygen atoms in total. The summed E-state index contributed by atoms with van der Waals surface area (Å²) in [5.41, 5.74) is 0. The van der Waals surface area contributed by atoms with E-state index in [1.54, 1.807) is 0 Å². The molecule has 0 aromatic heterocycles. The van der Waals surface area contributed by atoms with Crippen LogP contribution in [-0.2, 0) is 0 Å². The van der Waals surface area contributed by atoms with E-state index in [1.807, 2.05) is 0 Å². The Hall–Kier alpha value is -0.110. The highest BCUT2D eigenvalue weighted by Crippen LogP contribution is 2.18. The molecule has 0 unspecified atom stereocenters. The minimum Gasteiger partial charge on any atom is -0.303 e. The zero-order chi connectivity index (χ0) is 11.3. The molecule has 0 aliphatic carbocycles. The van der Waals surface area contributed by atoms with Crippen molar-refractivity contribution in [3.05, 3.63) is 0 Å². The van der Waals surface area contributed by atoms with E-state index in [1.165, 1.54) is 19.4 Å². The normalized spacial score (nSPS) is 22.2. The van der Waals surface area contributed by atoms with Crippen LogP contribution < -0.4 is 0 Å². The van der Waals surface area contributed by atoms with Crippen LogP contribution in [0.15, 0.2) is 0 Å². The number of rotatable bonds is 5. The van der Waals surface area contributed by atoms with E-state index < -0.39 is 6.17 Å². The maximum Gasteiger partial charge on any atom is 0.103 e. The minimum absolute atomic E-state index is 0.532. The monoisotopic (exact) mass is 215 g/mol. The third kappa shape index (κ3) is 4.96. The summed E-state index contributed by atoms with van der Waals surface area (Å²) in [4.78, 5) is 2.42. The second-order valence-electron chi connectivity index (χ2n) is 5.38. The first kappa shape index (κ1) is 13.0. The van der Waals surface area contributed by atoms with Crippen molar-refractivity contribution in [3.8, 4) is 0 Å². The number of nitrogens with zero attached hydrogens (tertiary/aromatic N) is 1. The summed E-state index contributed by atoms with van der Waals surface area (Å²) in [7, 11) is 0. The number of halogens is 1. The first-order valence-corrected chi connectivity index (χ1v) is 6.46. The lowest BCUT2D eigenvalue weighted by molar-refractivity contribution is 0.146. The van der Waals surface area contributed by atoms with Gasteiger partial charge in [-0.05, 0) is 44.1 Å². The number of hydrogen-bond donors (Lipinski definition) is 0. The Morgan fingerprint density at radius 3 is 2.33 bits per heavy atom. The molecule has 1 fully saturated rings. The predicted octanol–water partition coefficient (Wildman–Crippen LogP) is 3.49. The van der Waals surface area contributed by atoms with Crippen molar-refractivity contribution in [2.24, 2.45) is 11.8 Å². The number of likely N-dealkylation sites (tertiary alicyclic amines) is 1. The Kier molecular flexibility index (Phi) is 5.59. The molecule has 0 N–H and O–H groups in total. The van der Waals surface area contributed by atoms with Crippen LogP contribution in [0.25, 0.3) is 0 Å². The molecule has 0 saturated carbocycles. The standard InChI is InChI=1S/C13H26FN/c1-11(2)12(3)5-4-8-15-9-6-13(14)7-10-15/h11-13H,4-10H2,1-3H3/t12-/m1/s1. The minimum atomic E-state index is -0.532. The molecule has 0 radical (unpaired) electrons. The van der Waals surface area contributed by atoms with Crippen LogP contribution in [0, 0.1) is 11.8 Å². The summed E-state index contributed by atoms with van der Waals surface area (Å²) in [5.74, 6) is 1.62. The molecule has 15 heavy (non-hydrogen) atoms. The maximum absolute atomic E-state index is 12.9. The van der Waals surface area contributed by atoms with Crippen molar-refractivity contribution in [2.75, 3.05) is 19.6 Å². The number of alkyl halides is 1. The van der Waals surface area contributed by atoms with Gasteiger partial charge in [-0.25, -0.2) is 4.39 Å². The summed E-state index contributed by atoms with van der Waals surface area (Å²) in [5, 5.41) is 0. The first-order valence-electron chi connectivity index (χ1n) is 6.46. The maximum atomic E-state index is 12.9. The molecule has 0 amide bonds.